The van der Waals surface area contributed by atoms with Crippen LogP contribution in [0.5, 0.6) is 0 Å². The molecule has 0 N–H and O–H groups in total. The van der Waals surface area contributed by atoms with Crippen molar-refractivity contribution in [3.63, 3.8) is 0 Å². The van der Waals surface area contributed by atoms with E-state index in [0.717, 1.165) is 0 Å². The Bertz CT molecular complexity index is 431. The summed E-state index contributed by atoms with van der Waals surface area (Å²) in [6, 6.07) is 0. The molecule has 0 heterocycles. The van der Waals surface area contributed by atoms with Crippen LogP contribution in [0.15, 0.2) is 24.3 Å². The lowest BCUT2D eigenvalue weighted by Gasteiger charge is -2.46. The Morgan fingerprint density at radius 2 is 1.67 bits per heavy atom. The molecule has 2 rings (SSSR count). The first-order chi connectivity index (χ1) is 11.3. The Hall–Kier alpha value is -0.560. The maximum absolute atomic E-state index is 6.62. The van der Waals surface area contributed by atoms with Crippen LogP contribution in [0, 0.1) is 16.7 Å². The molecule has 2 saturated carbocycles. The van der Waals surface area contributed by atoms with E-state index in [2.05, 4.69) is 53.3 Å². The molecule has 2 aliphatic rings. The highest BCUT2D eigenvalue weighted by Gasteiger charge is 2.41. The van der Waals surface area contributed by atoms with Crippen molar-refractivity contribution in [3.05, 3.63) is 24.3 Å². The van der Waals surface area contributed by atoms with Gasteiger partial charge in [0.2, 0.25) is 0 Å². The Kier molecular flexibility index (Phi) is 6.76. The van der Waals surface area contributed by atoms with E-state index in [0.29, 0.717) is 17.4 Å². The summed E-state index contributed by atoms with van der Waals surface area (Å²) in [5.41, 5.74) is 1.89. The predicted octanol–water partition coefficient (Wildman–Crippen LogP) is 7.08. The molecule has 0 saturated heterocycles. The molecule has 2 aliphatic carbocycles. The molecule has 2 fully saturated rings. The van der Waals surface area contributed by atoms with Gasteiger partial charge in [-0.3, -0.25) is 0 Å². The Morgan fingerprint density at radius 3 is 2.17 bits per heavy atom. The highest BCUT2D eigenvalue weighted by atomic mass is 16.5. The molecule has 138 valence electrons. The van der Waals surface area contributed by atoms with Gasteiger partial charge in [0.15, 0.2) is 0 Å². The Morgan fingerprint density at radius 1 is 1.08 bits per heavy atom. The molecular weight excluding hydrogens is 292 g/mol. The van der Waals surface area contributed by atoms with Gasteiger partial charge in [-0.05, 0) is 69.3 Å². The van der Waals surface area contributed by atoms with E-state index < -0.39 is 0 Å². The minimum Gasteiger partial charge on any atom is -0.374 e. The quantitative estimate of drug-likeness (QED) is 0.472. The first kappa shape index (κ1) is 19.8. The summed E-state index contributed by atoms with van der Waals surface area (Å²) in [6.07, 6.45) is 17.5. The summed E-state index contributed by atoms with van der Waals surface area (Å²) in [4.78, 5) is 0. The smallest absolute Gasteiger partial charge is 0.0646 e. The van der Waals surface area contributed by atoms with Gasteiger partial charge >= 0.3 is 0 Å². The Labute approximate surface area is 150 Å². The predicted molar refractivity (Wildman–Crippen MR) is 105 cm³/mol. The molecule has 0 aromatic rings. The average molecular weight is 333 g/mol. The zero-order valence-corrected chi connectivity index (χ0v) is 16.9. The first-order valence-corrected chi connectivity index (χ1v) is 10.3. The van der Waals surface area contributed by atoms with Crippen molar-refractivity contribution in [2.45, 2.75) is 105 Å². The van der Waals surface area contributed by atoms with Gasteiger partial charge in [-0.2, -0.15) is 0 Å². The van der Waals surface area contributed by atoms with Gasteiger partial charge in [-0.1, -0.05) is 58.8 Å². The van der Waals surface area contributed by atoms with Crippen LogP contribution in [0.4, 0.5) is 0 Å². The van der Waals surface area contributed by atoms with E-state index >= 15 is 0 Å². The number of hydrogen-bond donors (Lipinski definition) is 0. The van der Waals surface area contributed by atoms with E-state index in [-0.39, 0.29) is 11.5 Å². The van der Waals surface area contributed by atoms with Crippen molar-refractivity contribution in [1.29, 1.82) is 0 Å². The molecule has 1 nitrogen and oxygen atoms in total. The second kappa shape index (κ2) is 8.21. The third-order valence-electron chi connectivity index (χ3n) is 7.41. The summed E-state index contributed by atoms with van der Waals surface area (Å²) in [5, 5.41) is 0. The summed E-state index contributed by atoms with van der Waals surface area (Å²) < 4.78 is 6.62. The number of rotatable bonds is 6. The third kappa shape index (κ3) is 4.15. The van der Waals surface area contributed by atoms with Gasteiger partial charge < -0.3 is 4.74 Å². The van der Waals surface area contributed by atoms with E-state index in [1.165, 1.54) is 63.4 Å². The summed E-state index contributed by atoms with van der Waals surface area (Å²) in [5.74, 6) is 0.518. The van der Waals surface area contributed by atoms with Crippen LogP contribution < -0.4 is 0 Å². The van der Waals surface area contributed by atoms with Crippen LogP contribution in [0.3, 0.4) is 0 Å². The van der Waals surface area contributed by atoms with Crippen LogP contribution in [0.1, 0.15) is 92.4 Å². The minimum absolute atomic E-state index is 0.00643. The maximum atomic E-state index is 6.62. The first-order valence-electron chi connectivity index (χ1n) is 10.3. The maximum Gasteiger partial charge on any atom is 0.0646 e. The zero-order valence-electron chi connectivity index (χ0n) is 16.9. The SMILES string of the molecule is C=C(/C=C\C)[C@@](C)(C(C)C)C(C)OC1CCC2(CCCCC2)CC1. The highest BCUT2D eigenvalue weighted by Crippen LogP contribution is 2.49. The van der Waals surface area contributed by atoms with Crippen molar-refractivity contribution in [1.82, 2.24) is 0 Å². The zero-order chi connectivity index (χ0) is 17.8. The molecule has 24 heavy (non-hydrogen) atoms. The molecule has 1 heteroatoms. The van der Waals surface area contributed by atoms with E-state index in [1.54, 1.807) is 0 Å². The monoisotopic (exact) mass is 332 g/mol. The van der Waals surface area contributed by atoms with Crippen LogP contribution >= 0.6 is 0 Å². The van der Waals surface area contributed by atoms with Gasteiger partial charge in [-0.25, -0.2) is 0 Å². The van der Waals surface area contributed by atoms with Gasteiger partial charge in [0.05, 0.1) is 12.2 Å². The number of hydrogen-bond acceptors (Lipinski definition) is 1. The van der Waals surface area contributed by atoms with Gasteiger partial charge in [0.25, 0.3) is 0 Å². The van der Waals surface area contributed by atoms with Gasteiger partial charge in [0.1, 0.15) is 0 Å². The molecule has 2 atom stereocenters. The molecule has 0 aromatic carbocycles. The molecule has 1 unspecified atom stereocenters. The topological polar surface area (TPSA) is 9.23 Å². The molecule has 1 spiro atoms. The van der Waals surface area contributed by atoms with Crippen LogP contribution in [-0.4, -0.2) is 12.2 Å². The van der Waals surface area contributed by atoms with Gasteiger partial charge in [0, 0.05) is 5.41 Å². The fraction of sp³-hybridized carbons (Fsp3) is 0.826. The number of allylic oxidation sites excluding steroid dienone is 2. The van der Waals surface area contributed by atoms with Crippen LogP contribution in [-0.2, 0) is 4.74 Å². The fourth-order valence-electron chi connectivity index (χ4n) is 5.05. The van der Waals surface area contributed by atoms with E-state index in [9.17, 15) is 0 Å². The molecule has 0 bridgehead atoms. The highest BCUT2D eigenvalue weighted by molar-refractivity contribution is 5.25. The van der Waals surface area contributed by atoms with Crippen molar-refractivity contribution in [2.24, 2.45) is 16.7 Å². The minimum atomic E-state index is 0.00643. The summed E-state index contributed by atoms with van der Waals surface area (Å²) >= 11 is 0. The fourth-order valence-corrected chi connectivity index (χ4v) is 5.05. The van der Waals surface area contributed by atoms with Gasteiger partial charge in [-0.15, -0.1) is 0 Å². The van der Waals surface area contributed by atoms with Crippen molar-refractivity contribution >= 4 is 0 Å². The molecule has 0 radical (unpaired) electrons. The molecule has 0 aromatic heterocycles. The lowest BCUT2D eigenvalue weighted by molar-refractivity contribution is -0.0950. The normalized spacial score (nSPS) is 25.9. The van der Waals surface area contributed by atoms with E-state index in [1.807, 2.05) is 0 Å². The average Bonchev–Trinajstić information content (AvgIpc) is 2.57. The van der Waals surface area contributed by atoms with Crippen LogP contribution in [0.25, 0.3) is 0 Å². The number of ether oxygens (including phenoxy) is 1. The van der Waals surface area contributed by atoms with Crippen LogP contribution in [0.2, 0.25) is 0 Å². The van der Waals surface area contributed by atoms with Crippen molar-refractivity contribution in [3.8, 4) is 0 Å². The molecule has 0 aliphatic heterocycles. The molecule has 0 amide bonds. The molecular formula is C23H40O. The van der Waals surface area contributed by atoms with Crippen molar-refractivity contribution < 1.29 is 4.74 Å². The Balaban J connectivity index is 1.96. The second-order valence-electron chi connectivity index (χ2n) is 9.00. The summed E-state index contributed by atoms with van der Waals surface area (Å²) in [7, 11) is 0. The lowest BCUT2D eigenvalue weighted by atomic mass is 9.65. The summed E-state index contributed by atoms with van der Waals surface area (Å²) in [6.45, 7) is 15.6. The third-order valence-corrected chi connectivity index (χ3v) is 7.41. The lowest BCUT2D eigenvalue weighted by Crippen LogP contribution is -2.42. The van der Waals surface area contributed by atoms with E-state index in [4.69, 9.17) is 4.74 Å². The second-order valence-corrected chi connectivity index (χ2v) is 9.00. The largest absolute Gasteiger partial charge is 0.374 e. The standard InChI is InChI=1S/C23H40O/c1-7-11-19(4)22(6,18(2)3)20(5)24-21-12-16-23(17-13-21)14-9-8-10-15-23/h7,11,18,20-21H,4,8-10,12-17H2,1-3,5-6H3/b11-7-/t20?,22-/m1/s1. The van der Waals surface area contributed by atoms with Crippen molar-refractivity contribution in [2.75, 3.05) is 0 Å².